The number of thiol groups is 1. The minimum atomic E-state index is -1.26. The van der Waals surface area contributed by atoms with Crippen molar-refractivity contribution in [3.05, 3.63) is 108 Å². The number of fused-ring (bicyclic) bond motifs is 1. The van der Waals surface area contributed by atoms with Gasteiger partial charge in [-0.05, 0) is 29.2 Å². The molecule has 0 aliphatic heterocycles. The van der Waals surface area contributed by atoms with Crippen molar-refractivity contribution in [3.63, 3.8) is 0 Å². The van der Waals surface area contributed by atoms with Crippen molar-refractivity contribution >= 4 is 47.2 Å². The Balaban J connectivity index is 1.57. The van der Waals surface area contributed by atoms with E-state index in [4.69, 9.17) is 5.73 Å². The molecule has 0 saturated heterocycles. The average Bonchev–Trinajstić information content (AvgIpc) is 3.42. The van der Waals surface area contributed by atoms with E-state index in [1.807, 2.05) is 84.9 Å². The number of nitrogens with two attached hydrogens (primary N) is 1. The lowest BCUT2D eigenvalue weighted by molar-refractivity contribution is -0.141. The number of H-pyrrole nitrogens is 1. The molecule has 224 valence electrons. The number of carboxylic acid groups (broad SMARTS) is 1. The van der Waals surface area contributed by atoms with Crippen LogP contribution >= 0.6 is 12.6 Å². The van der Waals surface area contributed by atoms with Crippen molar-refractivity contribution in [3.8, 4) is 0 Å². The molecule has 0 fully saturated rings. The number of hydrogen-bond acceptors (Lipinski definition) is 6. The molecule has 43 heavy (non-hydrogen) atoms. The first kappa shape index (κ1) is 31.3. The normalized spacial score (nSPS) is 13.8. The number of carbonyl (C=O) groups is 4. The van der Waals surface area contributed by atoms with Crippen LogP contribution in [0.2, 0.25) is 0 Å². The number of rotatable bonds is 14. The minimum absolute atomic E-state index is 0.0695. The number of hydrogen-bond donors (Lipinski definition) is 7. The monoisotopic (exact) mass is 601 g/mol. The summed E-state index contributed by atoms with van der Waals surface area (Å²) in [5.74, 6) is -3.20. The molecule has 0 aliphatic carbocycles. The van der Waals surface area contributed by atoms with Gasteiger partial charge in [0.1, 0.15) is 18.1 Å². The van der Waals surface area contributed by atoms with E-state index in [2.05, 4.69) is 33.6 Å². The SMILES string of the molecule is NC(Cc1ccccc1)C(=O)NC(Cc1ccccc1)C(=O)NC(Cc1c[nH]c2ccccc12)C(=O)NC(CS)C(=O)O. The number of carboxylic acids is 1. The summed E-state index contributed by atoms with van der Waals surface area (Å²) in [6.45, 7) is 0. The van der Waals surface area contributed by atoms with Gasteiger partial charge in [0, 0.05) is 35.7 Å². The first-order valence-electron chi connectivity index (χ1n) is 13.9. The Bertz CT molecular complexity index is 1550. The van der Waals surface area contributed by atoms with Crippen LogP contribution in [0.25, 0.3) is 10.9 Å². The fourth-order valence-electron chi connectivity index (χ4n) is 4.76. The Morgan fingerprint density at radius 2 is 1.21 bits per heavy atom. The van der Waals surface area contributed by atoms with Gasteiger partial charge >= 0.3 is 5.97 Å². The summed E-state index contributed by atoms with van der Waals surface area (Å²) in [6.07, 6.45) is 2.24. The predicted octanol–water partition coefficient (Wildman–Crippen LogP) is 1.99. The van der Waals surface area contributed by atoms with E-state index in [1.54, 1.807) is 6.20 Å². The number of carbonyl (C=O) groups excluding carboxylic acids is 3. The summed E-state index contributed by atoms with van der Waals surface area (Å²) in [7, 11) is 0. The van der Waals surface area contributed by atoms with E-state index in [0.29, 0.717) is 0 Å². The molecule has 0 spiro atoms. The van der Waals surface area contributed by atoms with Crippen LogP contribution in [0, 0.1) is 0 Å². The summed E-state index contributed by atoms with van der Waals surface area (Å²) in [4.78, 5) is 55.1. The molecule has 4 rings (SSSR count). The lowest BCUT2D eigenvalue weighted by Gasteiger charge is -2.25. The Hall–Kier alpha value is -4.61. The first-order valence-corrected chi connectivity index (χ1v) is 14.5. The van der Waals surface area contributed by atoms with Crippen molar-refractivity contribution in [1.29, 1.82) is 0 Å². The van der Waals surface area contributed by atoms with Crippen LogP contribution in [0.3, 0.4) is 0 Å². The molecule has 0 radical (unpaired) electrons. The molecule has 0 aliphatic rings. The fourth-order valence-corrected chi connectivity index (χ4v) is 5.01. The Morgan fingerprint density at radius 3 is 1.81 bits per heavy atom. The number of aliphatic carboxylic acids is 1. The second kappa shape index (κ2) is 15.0. The molecule has 1 heterocycles. The number of nitrogens with one attached hydrogen (secondary N) is 4. The largest absolute Gasteiger partial charge is 0.480 e. The number of benzene rings is 3. The van der Waals surface area contributed by atoms with E-state index in [1.165, 1.54) is 0 Å². The average molecular weight is 602 g/mol. The highest BCUT2D eigenvalue weighted by Gasteiger charge is 2.31. The molecule has 7 N–H and O–H groups in total. The second-order valence-electron chi connectivity index (χ2n) is 10.3. The van der Waals surface area contributed by atoms with Gasteiger partial charge in [-0.2, -0.15) is 12.6 Å². The van der Waals surface area contributed by atoms with Crippen molar-refractivity contribution in [2.24, 2.45) is 5.73 Å². The molecule has 3 aromatic carbocycles. The zero-order chi connectivity index (χ0) is 30.8. The maximum absolute atomic E-state index is 13.8. The highest BCUT2D eigenvalue weighted by Crippen LogP contribution is 2.19. The Morgan fingerprint density at radius 1 is 0.698 bits per heavy atom. The van der Waals surface area contributed by atoms with Crippen LogP contribution in [-0.4, -0.2) is 63.7 Å². The molecule has 0 saturated carbocycles. The Kier molecular flexibility index (Phi) is 11.0. The van der Waals surface area contributed by atoms with Gasteiger partial charge in [-0.3, -0.25) is 14.4 Å². The molecule has 10 nitrogen and oxygen atoms in total. The van der Waals surface area contributed by atoms with Gasteiger partial charge in [0.2, 0.25) is 17.7 Å². The van der Waals surface area contributed by atoms with Crippen LogP contribution < -0.4 is 21.7 Å². The van der Waals surface area contributed by atoms with Crippen molar-refractivity contribution in [2.45, 2.75) is 43.4 Å². The van der Waals surface area contributed by atoms with E-state index in [9.17, 15) is 24.3 Å². The maximum Gasteiger partial charge on any atom is 0.327 e. The predicted molar refractivity (Wildman–Crippen MR) is 168 cm³/mol. The lowest BCUT2D eigenvalue weighted by atomic mass is 10.0. The highest BCUT2D eigenvalue weighted by atomic mass is 32.1. The number of para-hydroxylation sites is 1. The van der Waals surface area contributed by atoms with Crippen molar-refractivity contribution in [2.75, 3.05) is 5.75 Å². The molecular weight excluding hydrogens is 566 g/mol. The summed E-state index contributed by atoms with van der Waals surface area (Å²) in [5.41, 5.74) is 9.48. The summed E-state index contributed by atoms with van der Waals surface area (Å²) in [5, 5.41) is 18.3. The van der Waals surface area contributed by atoms with Crippen LogP contribution in [0.15, 0.2) is 91.1 Å². The van der Waals surface area contributed by atoms with Gasteiger partial charge in [0.15, 0.2) is 0 Å². The van der Waals surface area contributed by atoms with Gasteiger partial charge in [0.25, 0.3) is 0 Å². The standard InChI is InChI=1S/C32H35N5O5S/c33-24(15-20-9-3-1-4-10-20)29(38)35-26(16-21-11-5-2-6-12-21)30(39)36-27(31(40)37-28(19-43)32(41)42)17-22-18-34-25-14-8-7-13-23(22)25/h1-14,18,24,26-28,34,43H,15-17,19,33H2,(H,35,38)(H,36,39)(H,37,40)(H,41,42). The van der Waals surface area contributed by atoms with Crippen LogP contribution in [0.1, 0.15) is 16.7 Å². The van der Waals surface area contributed by atoms with Gasteiger partial charge in [0.05, 0.1) is 6.04 Å². The zero-order valence-electron chi connectivity index (χ0n) is 23.4. The third-order valence-corrected chi connectivity index (χ3v) is 7.45. The third-order valence-electron chi connectivity index (χ3n) is 7.08. The van der Waals surface area contributed by atoms with Crippen molar-refractivity contribution < 1.29 is 24.3 Å². The number of aromatic amines is 1. The van der Waals surface area contributed by atoms with Gasteiger partial charge in [-0.1, -0.05) is 78.9 Å². The van der Waals surface area contributed by atoms with Gasteiger partial charge in [-0.15, -0.1) is 0 Å². The smallest absolute Gasteiger partial charge is 0.327 e. The lowest BCUT2D eigenvalue weighted by Crippen LogP contribution is -2.58. The number of amides is 3. The van der Waals surface area contributed by atoms with Crippen LogP contribution in [-0.2, 0) is 38.4 Å². The number of aromatic nitrogens is 1. The molecular formula is C32H35N5O5S. The van der Waals surface area contributed by atoms with E-state index in [0.717, 1.165) is 27.6 Å². The first-order chi connectivity index (χ1) is 20.7. The quantitative estimate of drug-likeness (QED) is 0.109. The summed E-state index contributed by atoms with van der Waals surface area (Å²) < 4.78 is 0. The van der Waals surface area contributed by atoms with E-state index in [-0.39, 0.29) is 25.0 Å². The molecule has 3 amide bonds. The van der Waals surface area contributed by atoms with Crippen LogP contribution in [0.4, 0.5) is 0 Å². The zero-order valence-corrected chi connectivity index (χ0v) is 24.3. The van der Waals surface area contributed by atoms with E-state index >= 15 is 0 Å². The van der Waals surface area contributed by atoms with E-state index < -0.39 is 47.9 Å². The topological polar surface area (TPSA) is 166 Å². The molecule has 4 unspecified atom stereocenters. The molecule has 4 atom stereocenters. The summed E-state index contributed by atoms with van der Waals surface area (Å²) in [6, 6.07) is 21.6. The summed E-state index contributed by atoms with van der Waals surface area (Å²) >= 11 is 4.04. The minimum Gasteiger partial charge on any atom is -0.480 e. The fraction of sp³-hybridized carbons (Fsp3) is 0.250. The molecule has 1 aromatic heterocycles. The van der Waals surface area contributed by atoms with Crippen LogP contribution in [0.5, 0.6) is 0 Å². The second-order valence-corrected chi connectivity index (χ2v) is 10.6. The molecule has 0 bridgehead atoms. The molecule has 11 heteroatoms. The van der Waals surface area contributed by atoms with Crippen molar-refractivity contribution in [1.82, 2.24) is 20.9 Å². The third kappa shape index (κ3) is 8.69. The molecule has 4 aromatic rings. The Labute approximate surface area is 254 Å². The van der Waals surface area contributed by atoms with Gasteiger partial charge in [-0.25, -0.2) is 4.79 Å². The maximum atomic E-state index is 13.8. The van der Waals surface area contributed by atoms with Gasteiger partial charge < -0.3 is 31.8 Å². The highest BCUT2D eigenvalue weighted by molar-refractivity contribution is 7.80.